The fourth-order valence-electron chi connectivity index (χ4n) is 2.25. The first-order valence-corrected chi connectivity index (χ1v) is 6.78. The number of halogens is 1. The molecule has 1 aromatic heterocycles. The summed E-state index contributed by atoms with van der Waals surface area (Å²) in [4.78, 5) is 12.3. The summed E-state index contributed by atoms with van der Waals surface area (Å²) in [5.41, 5.74) is 1.43. The molecule has 0 saturated carbocycles. The highest BCUT2D eigenvalue weighted by Gasteiger charge is 2.11. The largest absolute Gasteiger partial charge is 0.275 e. The molecule has 0 aliphatic heterocycles. The number of hydrogen-bond donors (Lipinski definition) is 0. The zero-order valence-electron chi connectivity index (χ0n) is 11.1. The molecule has 0 N–H and O–H groups in total. The van der Waals surface area contributed by atoms with E-state index in [0.29, 0.717) is 10.4 Å². The van der Waals surface area contributed by atoms with Gasteiger partial charge in [0.15, 0.2) is 0 Å². The van der Waals surface area contributed by atoms with E-state index in [-0.39, 0.29) is 12.1 Å². The van der Waals surface area contributed by atoms with Gasteiger partial charge in [-0.25, -0.2) is 4.68 Å². The van der Waals surface area contributed by atoms with Crippen LogP contribution in [0.5, 0.6) is 0 Å². The predicted octanol–water partition coefficient (Wildman–Crippen LogP) is 3.35. The lowest BCUT2D eigenvalue weighted by Crippen LogP contribution is -2.23. The zero-order valence-corrected chi connectivity index (χ0v) is 11.8. The Morgan fingerprint density at radius 1 is 1.10 bits per heavy atom. The van der Waals surface area contributed by atoms with Crippen LogP contribution in [0.15, 0.2) is 53.3 Å². The van der Waals surface area contributed by atoms with Crippen LogP contribution in [0.3, 0.4) is 0 Å². The van der Waals surface area contributed by atoms with Gasteiger partial charge in [-0.05, 0) is 18.2 Å². The molecule has 1 heterocycles. The van der Waals surface area contributed by atoms with Gasteiger partial charge in [0.2, 0.25) is 0 Å². The lowest BCUT2D eigenvalue weighted by Gasteiger charge is -2.09. The first-order chi connectivity index (χ1) is 10.2. The summed E-state index contributed by atoms with van der Waals surface area (Å²) < 4.78 is 1.31. The molecule has 0 fully saturated rings. The van der Waals surface area contributed by atoms with Crippen molar-refractivity contribution in [2.24, 2.45) is 0 Å². The van der Waals surface area contributed by atoms with Crippen molar-refractivity contribution >= 4 is 22.4 Å². The van der Waals surface area contributed by atoms with Crippen LogP contribution in [0.4, 0.5) is 0 Å². The quantitative estimate of drug-likeness (QED) is 0.679. The molecule has 3 aromatic rings. The summed E-state index contributed by atoms with van der Waals surface area (Å²) in [7, 11) is 0. The van der Waals surface area contributed by atoms with Crippen LogP contribution < -0.4 is 5.56 Å². The Bertz CT molecular complexity index is 905. The molecule has 2 aromatic carbocycles. The Kier molecular flexibility index (Phi) is 3.47. The van der Waals surface area contributed by atoms with Crippen LogP contribution in [-0.4, -0.2) is 9.78 Å². The molecule has 3 nitrogen and oxygen atoms in total. The molecule has 21 heavy (non-hydrogen) atoms. The average molecular weight is 295 g/mol. The number of fused-ring (bicyclic) bond motifs is 1. The second kappa shape index (κ2) is 5.43. The van der Waals surface area contributed by atoms with Crippen LogP contribution in [0.1, 0.15) is 0 Å². The number of benzene rings is 2. The highest BCUT2D eigenvalue weighted by atomic mass is 35.5. The molecule has 0 spiro atoms. The van der Waals surface area contributed by atoms with Gasteiger partial charge in [-0.1, -0.05) is 47.9 Å². The summed E-state index contributed by atoms with van der Waals surface area (Å²) in [6.07, 6.45) is 5.31. The van der Waals surface area contributed by atoms with Gasteiger partial charge in [0, 0.05) is 16.0 Å². The topological polar surface area (TPSA) is 34.9 Å². The van der Waals surface area contributed by atoms with Crippen molar-refractivity contribution < 1.29 is 0 Å². The lowest BCUT2D eigenvalue weighted by atomic mass is 10.1. The number of terminal acetylenes is 1. The van der Waals surface area contributed by atoms with Gasteiger partial charge in [-0.15, -0.1) is 6.42 Å². The number of nitrogens with zero attached hydrogens (tertiary/aromatic N) is 2. The van der Waals surface area contributed by atoms with Gasteiger partial charge in [-0.3, -0.25) is 4.79 Å². The average Bonchev–Trinajstić information content (AvgIpc) is 2.51. The highest BCUT2D eigenvalue weighted by molar-refractivity contribution is 6.30. The number of aromatic nitrogens is 2. The lowest BCUT2D eigenvalue weighted by molar-refractivity contribution is 0.676. The van der Waals surface area contributed by atoms with Crippen molar-refractivity contribution in [3.8, 4) is 23.6 Å². The van der Waals surface area contributed by atoms with Gasteiger partial charge >= 0.3 is 0 Å². The number of rotatable bonds is 2. The normalized spacial score (nSPS) is 10.5. The Morgan fingerprint density at radius 2 is 1.76 bits per heavy atom. The van der Waals surface area contributed by atoms with Gasteiger partial charge in [-0.2, -0.15) is 5.10 Å². The van der Waals surface area contributed by atoms with Gasteiger partial charge < -0.3 is 0 Å². The fraction of sp³-hybridized carbons (Fsp3) is 0.0588. The maximum absolute atomic E-state index is 12.3. The summed E-state index contributed by atoms with van der Waals surface area (Å²) in [6.45, 7) is 0.143. The van der Waals surface area contributed by atoms with Crippen molar-refractivity contribution in [3.63, 3.8) is 0 Å². The summed E-state index contributed by atoms with van der Waals surface area (Å²) >= 11 is 5.92. The smallest absolute Gasteiger partial charge is 0.267 e. The van der Waals surface area contributed by atoms with E-state index in [4.69, 9.17) is 18.0 Å². The van der Waals surface area contributed by atoms with E-state index in [9.17, 15) is 4.79 Å². The standard InChI is InChI=1S/C17H11ClN2O/c1-2-11-20-17(21)15-6-4-3-5-14(15)16(19-20)12-7-9-13(18)10-8-12/h1,3-10H,11H2. The number of hydrogen-bond acceptors (Lipinski definition) is 2. The Morgan fingerprint density at radius 3 is 2.43 bits per heavy atom. The first kappa shape index (κ1) is 13.4. The van der Waals surface area contributed by atoms with E-state index in [1.807, 2.05) is 30.3 Å². The summed E-state index contributed by atoms with van der Waals surface area (Å²) in [6, 6.07) is 14.7. The molecular formula is C17H11ClN2O. The molecule has 4 heteroatoms. The minimum Gasteiger partial charge on any atom is -0.267 e. The Labute approximate surface area is 126 Å². The molecule has 0 saturated heterocycles. The molecule has 0 unspecified atom stereocenters. The Balaban J connectivity index is 2.36. The van der Waals surface area contributed by atoms with E-state index < -0.39 is 0 Å². The van der Waals surface area contributed by atoms with Crippen molar-refractivity contribution in [1.29, 1.82) is 0 Å². The molecule has 102 valence electrons. The molecular weight excluding hydrogens is 284 g/mol. The SMILES string of the molecule is C#CCn1nc(-c2ccc(Cl)cc2)c2ccccc2c1=O. The van der Waals surface area contributed by atoms with Crippen molar-refractivity contribution in [2.45, 2.75) is 6.54 Å². The minimum atomic E-state index is -0.179. The van der Waals surface area contributed by atoms with Crippen molar-refractivity contribution in [2.75, 3.05) is 0 Å². The zero-order chi connectivity index (χ0) is 14.8. The summed E-state index contributed by atoms with van der Waals surface area (Å²) in [5, 5.41) is 6.47. The summed E-state index contributed by atoms with van der Waals surface area (Å²) in [5.74, 6) is 2.46. The van der Waals surface area contributed by atoms with Crippen molar-refractivity contribution in [1.82, 2.24) is 9.78 Å². The van der Waals surface area contributed by atoms with Crippen LogP contribution in [0.2, 0.25) is 5.02 Å². The van der Waals surface area contributed by atoms with E-state index in [1.54, 1.807) is 18.2 Å². The molecule has 0 aliphatic carbocycles. The third-order valence-corrected chi connectivity index (χ3v) is 3.48. The van der Waals surface area contributed by atoms with E-state index in [0.717, 1.165) is 16.6 Å². The first-order valence-electron chi connectivity index (χ1n) is 6.40. The second-order valence-electron chi connectivity index (χ2n) is 4.57. The van der Waals surface area contributed by atoms with E-state index in [1.165, 1.54) is 4.68 Å². The molecule has 0 amide bonds. The Hall–Kier alpha value is -2.57. The predicted molar refractivity (Wildman–Crippen MR) is 85.3 cm³/mol. The monoisotopic (exact) mass is 294 g/mol. The van der Waals surface area contributed by atoms with E-state index >= 15 is 0 Å². The third kappa shape index (κ3) is 2.42. The second-order valence-corrected chi connectivity index (χ2v) is 5.00. The van der Waals surface area contributed by atoms with E-state index in [2.05, 4.69) is 11.0 Å². The van der Waals surface area contributed by atoms with Crippen LogP contribution >= 0.6 is 11.6 Å². The van der Waals surface area contributed by atoms with Gasteiger partial charge in [0.05, 0.1) is 11.1 Å². The van der Waals surface area contributed by atoms with Gasteiger partial charge in [0.1, 0.15) is 6.54 Å². The minimum absolute atomic E-state index is 0.143. The van der Waals surface area contributed by atoms with Crippen molar-refractivity contribution in [3.05, 3.63) is 63.9 Å². The van der Waals surface area contributed by atoms with Crippen LogP contribution in [-0.2, 0) is 6.54 Å². The van der Waals surface area contributed by atoms with Crippen LogP contribution in [0.25, 0.3) is 22.0 Å². The molecule has 3 rings (SSSR count). The molecule has 0 bridgehead atoms. The maximum Gasteiger partial charge on any atom is 0.275 e. The molecule has 0 atom stereocenters. The molecule has 0 radical (unpaired) electrons. The fourth-order valence-corrected chi connectivity index (χ4v) is 2.38. The highest BCUT2D eigenvalue weighted by Crippen LogP contribution is 2.25. The maximum atomic E-state index is 12.3. The van der Waals surface area contributed by atoms with Crippen LogP contribution in [0, 0.1) is 12.3 Å². The third-order valence-electron chi connectivity index (χ3n) is 3.23. The van der Waals surface area contributed by atoms with Gasteiger partial charge in [0.25, 0.3) is 5.56 Å². The molecule has 0 aliphatic rings.